The molecule has 1 heterocycles. The Balaban J connectivity index is 1.36. The Morgan fingerprint density at radius 1 is 0.607 bits per heavy atom. The Bertz CT molecular complexity index is 631. The molecule has 0 unspecified atom stereocenters. The SMILES string of the molecule is CC(C)CCCCCCCCCCCCCCC[n+]1ccc2ccccc2c1. The minimum absolute atomic E-state index is 0.887. The topological polar surface area (TPSA) is 3.88 Å². The lowest BCUT2D eigenvalue weighted by Gasteiger charge is -2.05. The van der Waals surface area contributed by atoms with Crippen LogP contribution in [0.2, 0.25) is 0 Å². The fourth-order valence-electron chi connectivity index (χ4n) is 4.11. The number of aromatic nitrogens is 1. The molecule has 0 aliphatic heterocycles. The first-order valence-electron chi connectivity index (χ1n) is 12.1. The second-order valence-electron chi connectivity index (χ2n) is 9.09. The molecule has 1 aromatic heterocycles. The van der Waals surface area contributed by atoms with E-state index in [1.54, 1.807) is 0 Å². The number of aryl methyl sites for hydroxylation is 1. The normalized spacial score (nSPS) is 11.5. The van der Waals surface area contributed by atoms with Crippen molar-refractivity contribution in [3.8, 4) is 0 Å². The van der Waals surface area contributed by atoms with E-state index in [-0.39, 0.29) is 0 Å². The van der Waals surface area contributed by atoms with Gasteiger partial charge in [-0.15, -0.1) is 0 Å². The minimum Gasteiger partial charge on any atom is -0.205 e. The molecule has 0 saturated carbocycles. The van der Waals surface area contributed by atoms with Crippen LogP contribution < -0.4 is 4.57 Å². The van der Waals surface area contributed by atoms with Crippen molar-refractivity contribution >= 4 is 10.8 Å². The predicted molar refractivity (Wildman–Crippen MR) is 124 cm³/mol. The Morgan fingerprint density at radius 2 is 1.11 bits per heavy atom. The number of hydrogen-bond acceptors (Lipinski definition) is 0. The van der Waals surface area contributed by atoms with Crippen LogP contribution in [0.1, 0.15) is 104 Å². The van der Waals surface area contributed by atoms with Crippen LogP contribution in [0.3, 0.4) is 0 Å². The molecule has 0 bridgehead atoms. The van der Waals surface area contributed by atoms with E-state index >= 15 is 0 Å². The molecule has 1 heteroatoms. The summed E-state index contributed by atoms with van der Waals surface area (Å²) < 4.78 is 2.35. The average Bonchev–Trinajstić information content (AvgIpc) is 2.70. The molecular weight excluding hydrogens is 338 g/mol. The summed E-state index contributed by atoms with van der Waals surface area (Å²) in [5, 5.41) is 2.69. The first-order chi connectivity index (χ1) is 13.8. The van der Waals surface area contributed by atoms with E-state index in [2.05, 4.69) is 61.1 Å². The Labute approximate surface area is 174 Å². The van der Waals surface area contributed by atoms with E-state index in [0.717, 1.165) is 12.5 Å². The summed E-state index contributed by atoms with van der Waals surface area (Å²) in [5.41, 5.74) is 0. The first-order valence-corrected chi connectivity index (χ1v) is 12.1. The molecule has 0 atom stereocenters. The van der Waals surface area contributed by atoms with E-state index < -0.39 is 0 Å². The molecule has 0 amide bonds. The molecular formula is C27H44N+. The van der Waals surface area contributed by atoms with Gasteiger partial charge >= 0.3 is 0 Å². The van der Waals surface area contributed by atoms with Crippen LogP contribution in [0, 0.1) is 5.92 Å². The minimum atomic E-state index is 0.887. The molecule has 1 aromatic carbocycles. The summed E-state index contributed by atoms with van der Waals surface area (Å²) in [6, 6.07) is 10.9. The third kappa shape index (κ3) is 10.2. The van der Waals surface area contributed by atoms with Gasteiger partial charge in [0.25, 0.3) is 0 Å². The Kier molecular flexibility index (Phi) is 12.0. The number of rotatable bonds is 16. The maximum Gasteiger partial charge on any atom is 0.176 e. The van der Waals surface area contributed by atoms with E-state index in [9.17, 15) is 0 Å². The third-order valence-corrected chi connectivity index (χ3v) is 5.94. The third-order valence-electron chi connectivity index (χ3n) is 5.94. The highest BCUT2D eigenvalue weighted by Crippen LogP contribution is 2.14. The van der Waals surface area contributed by atoms with Gasteiger partial charge in [-0.1, -0.05) is 109 Å². The highest BCUT2D eigenvalue weighted by atomic mass is 14.9. The zero-order chi connectivity index (χ0) is 19.9. The number of nitrogens with zero attached hydrogens (tertiary/aromatic N) is 1. The predicted octanol–water partition coefficient (Wildman–Crippen LogP) is 8.24. The van der Waals surface area contributed by atoms with Crippen LogP contribution in [-0.4, -0.2) is 0 Å². The lowest BCUT2D eigenvalue weighted by molar-refractivity contribution is -0.696. The van der Waals surface area contributed by atoms with Gasteiger partial charge < -0.3 is 0 Å². The van der Waals surface area contributed by atoms with Gasteiger partial charge in [-0.3, -0.25) is 0 Å². The summed E-state index contributed by atoms with van der Waals surface area (Å²) in [7, 11) is 0. The molecule has 2 aromatic rings. The lowest BCUT2D eigenvalue weighted by atomic mass is 10.0. The fraction of sp³-hybridized carbons (Fsp3) is 0.667. The van der Waals surface area contributed by atoms with Gasteiger partial charge in [-0.05, 0) is 23.8 Å². The highest BCUT2D eigenvalue weighted by Gasteiger charge is 2.02. The summed E-state index contributed by atoms with van der Waals surface area (Å²) in [6.07, 6.45) is 24.5. The molecule has 0 aliphatic rings. The van der Waals surface area contributed by atoms with Crippen LogP contribution in [0.25, 0.3) is 10.8 Å². The van der Waals surface area contributed by atoms with Crippen LogP contribution in [0.5, 0.6) is 0 Å². The number of unbranched alkanes of at least 4 members (excludes halogenated alkanes) is 12. The summed E-state index contributed by atoms with van der Waals surface area (Å²) >= 11 is 0. The molecule has 0 saturated heterocycles. The van der Waals surface area contributed by atoms with Crippen molar-refractivity contribution in [3.05, 3.63) is 42.7 Å². The number of fused-ring (bicyclic) bond motifs is 1. The van der Waals surface area contributed by atoms with Crippen LogP contribution in [-0.2, 0) is 6.54 Å². The Morgan fingerprint density at radius 3 is 1.68 bits per heavy atom. The van der Waals surface area contributed by atoms with Gasteiger partial charge in [-0.25, -0.2) is 4.57 Å². The van der Waals surface area contributed by atoms with Crippen molar-refractivity contribution in [2.75, 3.05) is 0 Å². The van der Waals surface area contributed by atoms with Gasteiger partial charge in [0, 0.05) is 17.9 Å². The number of benzene rings is 1. The quantitative estimate of drug-likeness (QED) is 0.203. The molecule has 0 N–H and O–H groups in total. The van der Waals surface area contributed by atoms with Crippen molar-refractivity contribution in [1.82, 2.24) is 0 Å². The molecule has 0 fully saturated rings. The average molecular weight is 383 g/mol. The fourth-order valence-corrected chi connectivity index (χ4v) is 4.11. The molecule has 1 nitrogen and oxygen atoms in total. The van der Waals surface area contributed by atoms with E-state index in [4.69, 9.17) is 0 Å². The standard InChI is InChI=1S/C27H44N/c1-25(2)18-14-12-10-8-6-4-3-5-7-9-11-13-17-22-28-23-21-26-19-15-16-20-27(26)24-28/h15-16,19-21,23-25H,3-14,17-18,22H2,1-2H3/q+1. The monoisotopic (exact) mass is 382 g/mol. The van der Waals surface area contributed by atoms with Gasteiger partial charge in [0.1, 0.15) is 6.54 Å². The molecule has 0 radical (unpaired) electrons. The van der Waals surface area contributed by atoms with E-state index in [1.165, 1.54) is 101 Å². The highest BCUT2D eigenvalue weighted by molar-refractivity contribution is 5.80. The molecule has 28 heavy (non-hydrogen) atoms. The van der Waals surface area contributed by atoms with Gasteiger partial charge in [-0.2, -0.15) is 0 Å². The smallest absolute Gasteiger partial charge is 0.176 e. The number of hydrogen-bond donors (Lipinski definition) is 0. The molecule has 0 aliphatic carbocycles. The second kappa shape index (κ2) is 14.6. The van der Waals surface area contributed by atoms with E-state index in [1.807, 2.05) is 0 Å². The maximum absolute atomic E-state index is 2.35. The molecule has 2 rings (SSSR count). The van der Waals surface area contributed by atoms with Crippen LogP contribution in [0.15, 0.2) is 42.7 Å². The number of pyridine rings is 1. The maximum atomic E-state index is 2.35. The van der Waals surface area contributed by atoms with Crippen molar-refractivity contribution < 1.29 is 4.57 Å². The summed E-state index contributed by atoms with van der Waals surface area (Å²) in [5.74, 6) is 0.887. The van der Waals surface area contributed by atoms with Gasteiger partial charge in [0.2, 0.25) is 0 Å². The summed E-state index contributed by atoms with van der Waals surface area (Å²) in [4.78, 5) is 0. The van der Waals surface area contributed by atoms with Gasteiger partial charge in [0.15, 0.2) is 12.4 Å². The van der Waals surface area contributed by atoms with Crippen molar-refractivity contribution in [3.63, 3.8) is 0 Å². The zero-order valence-corrected chi connectivity index (χ0v) is 18.7. The lowest BCUT2D eigenvalue weighted by Crippen LogP contribution is -2.32. The molecule has 156 valence electrons. The van der Waals surface area contributed by atoms with Crippen molar-refractivity contribution in [2.24, 2.45) is 5.92 Å². The second-order valence-corrected chi connectivity index (χ2v) is 9.09. The Hall–Kier alpha value is -1.37. The van der Waals surface area contributed by atoms with E-state index in [0.29, 0.717) is 0 Å². The van der Waals surface area contributed by atoms with Crippen LogP contribution >= 0.6 is 0 Å². The van der Waals surface area contributed by atoms with Crippen molar-refractivity contribution in [2.45, 2.75) is 110 Å². The van der Waals surface area contributed by atoms with Crippen molar-refractivity contribution in [1.29, 1.82) is 0 Å². The molecule has 0 spiro atoms. The zero-order valence-electron chi connectivity index (χ0n) is 18.7. The van der Waals surface area contributed by atoms with Crippen LogP contribution in [0.4, 0.5) is 0 Å². The van der Waals surface area contributed by atoms with Gasteiger partial charge in [0.05, 0.1) is 0 Å². The first kappa shape index (κ1) is 22.9. The largest absolute Gasteiger partial charge is 0.205 e. The summed E-state index contributed by atoms with van der Waals surface area (Å²) in [6.45, 7) is 5.83.